The SMILES string of the molecule is COC(=O)[C@@H]1C[C@@H](Cc2ccccc2)C(=O)N1C. The van der Waals surface area contributed by atoms with Crippen LogP contribution in [0.1, 0.15) is 12.0 Å². The van der Waals surface area contributed by atoms with Crippen molar-refractivity contribution in [3.8, 4) is 0 Å². The molecule has 1 aromatic carbocycles. The Labute approximate surface area is 107 Å². The van der Waals surface area contributed by atoms with E-state index in [9.17, 15) is 9.59 Å². The van der Waals surface area contributed by atoms with E-state index in [1.54, 1.807) is 7.05 Å². The summed E-state index contributed by atoms with van der Waals surface area (Å²) in [6.45, 7) is 0. The van der Waals surface area contributed by atoms with Crippen LogP contribution < -0.4 is 0 Å². The smallest absolute Gasteiger partial charge is 0.328 e. The minimum atomic E-state index is -0.434. The summed E-state index contributed by atoms with van der Waals surface area (Å²) >= 11 is 0. The average Bonchev–Trinajstić information content (AvgIpc) is 2.67. The van der Waals surface area contributed by atoms with E-state index in [-0.39, 0.29) is 17.8 Å². The van der Waals surface area contributed by atoms with Crippen molar-refractivity contribution in [3.63, 3.8) is 0 Å². The Morgan fingerprint density at radius 3 is 2.67 bits per heavy atom. The van der Waals surface area contributed by atoms with Gasteiger partial charge in [0.05, 0.1) is 7.11 Å². The molecule has 2 rings (SSSR count). The molecule has 4 nitrogen and oxygen atoms in total. The van der Waals surface area contributed by atoms with Crippen LogP contribution in [0.25, 0.3) is 0 Å². The van der Waals surface area contributed by atoms with Gasteiger partial charge in [-0.05, 0) is 18.4 Å². The van der Waals surface area contributed by atoms with Crippen LogP contribution in [0.5, 0.6) is 0 Å². The molecule has 1 amide bonds. The second-order valence-electron chi connectivity index (χ2n) is 4.61. The lowest BCUT2D eigenvalue weighted by molar-refractivity contribution is -0.148. The second-order valence-corrected chi connectivity index (χ2v) is 4.61. The number of likely N-dealkylation sites (N-methyl/N-ethyl adjacent to an activating group) is 1. The number of carbonyl (C=O) groups is 2. The van der Waals surface area contributed by atoms with Crippen LogP contribution in [0, 0.1) is 5.92 Å². The number of nitrogens with zero attached hydrogens (tertiary/aromatic N) is 1. The van der Waals surface area contributed by atoms with Gasteiger partial charge < -0.3 is 9.64 Å². The maximum Gasteiger partial charge on any atom is 0.328 e. The standard InChI is InChI=1S/C14H17NO3/c1-15-12(14(17)18-2)9-11(13(15)16)8-10-6-4-3-5-7-10/h3-7,11-12H,8-9H2,1-2H3/t11-,12+/m1/s1. The van der Waals surface area contributed by atoms with Crippen molar-refractivity contribution >= 4 is 11.9 Å². The summed E-state index contributed by atoms with van der Waals surface area (Å²) in [6.07, 6.45) is 1.22. The molecule has 0 radical (unpaired) electrons. The highest BCUT2D eigenvalue weighted by atomic mass is 16.5. The zero-order valence-corrected chi connectivity index (χ0v) is 10.6. The fraction of sp³-hybridized carbons (Fsp3) is 0.429. The van der Waals surface area contributed by atoms with Crippen LogP contribution in [0.4, 0.5) is 0 Å². The van der Waals surface area contributed by atoms with E-state index in [0.29, 0.717) is 12.8 Å². The highest BCUT2D eigenvalue weighted by Gasteiger charge is 2.41. The molecule has 1 fully saturated rings. The quantitative estimate of drug-likeness (QED) is 0.755. The van der Waals surface area contributed by atoms with Crippen LogP contribution in [-0.2, 0) is 20.7 Å². The monoisotopic (exact) mass is 247 g/mol. The van der Waals surface area contributed by atoms with Crippen LogP contribution in [0.15, 0.2) is 30.3 Å². The van der Waals surface area contributed by atoms with Crippen molar-refractivity contribution in [2.24, 2.45) is 5.92 Å². The van der Waals surface area contributed by atoms with Gasteiger partial charge in [-0.25, -0.2) is 4.79 Å². The Balaban J connectivity index is 2.07. The normalized spacial score (nSPS) is 23.2. The number of benzene rings is 1. The molecule has 0 saturated carbocycles. The van der Waals surface area contributed by atoms with Crippen molar-refractivity contribution in [1.29, 1.82) is 0 Å². The Morgan fingerprint density at radius 2 is 2.06 bits per heavy atom. The molecule has 1 aliphatic rings. The van der Waals surface area contributed by atoms with Crippen LogP contribution >= 0.6 is 0 Å². The summed E-state index contributed by atoms with van der Waals surface area (Å²) in [5, 5.41) is 0. The minimum Gasteiger partial charge on any atom is -0.467 e. The van der Waals surface area contributed by atoms with Gasteiger partial charge in [0.15, 0.2) is 0 Å². The number of amides is 1. The first kappa shape index (κ1) is 12.6. The maximum atomic E-state index is 12.1. The van der Waals surface area contributed by atoms with Crippen LogP contribution in [0.2, 0.25) is 0 Å². The molecular formula is C14H17NO3. The molecule has 2 atom stereocenters. The molecule has 4 heteroatoms. The van der Waals surface area contributed by atoms with E-state index in [1.807, 2.05) is 30.3 Å². The van der Waals surface area contributed by atoms with E-state index in [4.69, 9.17) is 4.74 Å². The summed E-state index contributed by atoms with van der Waals surface area (Å²) in [5.41, 5.74) is 1.12. The molecule has 1 heterocycles. The number of rotatable bonds is 3. The number of carbonyl (C=O) groups excluding carboxylic acids is 2. The maximum absolute atomic E-state index is 12.1. The fourth-order valence-electron chi connectivity index (χ4n) is 2.43. The van der Waals surface area contributed by atoms with Gasteiger partial charge in [0.1, 0.15) is 6.04 Å². The van der Waals surface area contributed by atoms with Gasteiger partial charge in [0.2, 0.25) is 5.91 Å². The number of likely N-dealkylation sites (tertiary alicyclic amines) is 1. The van der Waals surface area contributed by atoms with E-state index < -0.39 is 6.04 Å². The van der Waals surface area contributed by atoms with Crippen molar-refractivity contribution in [3.05, 3.63) is 35.9 Å². The second kappa shape index (κ2) is 5.21. The van der Waals surface area contributed by atoms with Crippen molar-refractivity contribution < 1.29 is 14.3 Å². The molecule has 0 bridgehead atoms. The third-order valence-electron chi connectivity index (χ3n) is 3.47. The Hall–Kier alpha value is -1.84. The van der Waals surface area contributed by atoms with Crippen LogP contribution in [-0.4, -0.2) is 37.0 Å². The van der Waals surface area contributed by atoms with Gasteiger partial charge in [-0.15, -0.1) is 0 Å². The van der Waals surface area contributed by atoms with E-state index in [1.165, 1.54) is 12.0 Å². The Kier molecular flexibility index (Phi) is 3.65. The number of esters is 1. The predicted molar refractivity (Wildman–Crippen MR) is 66.8 cm³/mol. The Bertz CT molecular complexity index is 444. The van der Waals surface area contributed by atoms with Crippen molar-refractivity contribution in [2.75, 3.05) is 14.2 Å². The third-order valence-corrected chi connectivity index (χ3v) is 3.47. The van der Waals surface area contributed by atoms with Crippen molar-refractivity contribution in [1.82, 2.24) is 4.90 Å². The molecule has 0 N–H and O–H groups in total. The van der Waals surface area contributed by atoms with Gasteiger partial charge >= 0.3 is 5.97 Å². The molecule has 0 spiro atoms. The molecule has 0 aliphatic carbocycles. The van der Waals surface area contributed by atoms with E-state index >= 15 is 0 Å². The zero-order valence-electron chi connectivity index (χ0n) is 10.6. The number of hydrogen-bond donors (Lipinski definition) is 0. The zero-order chi connectivity index (χ0) is 13.1. The number of ether oxygens (including phenoxy) is 1. The molecule has 1 saturated heterocycles. The lowest BCUT2D eigenvalue weighted by atomic mass is 9.96. The summed E-state index contributed by atoms with van der Waals surface area (Å²) in [4.78, 5) is 25.1. The molecular weight excluding hydrogens is 230 g/mol. The topological polar surface area (TPSA) is 46.6 Å². The largest absolute Gasteiger partial charge is 0.467 e. The highest BCUT2D eigenvalue weighted by Crippen LogP contribution is 2.27. The molecule has 0 unspecified atom stereocenters. The van der Waals surface area contributed by atoms with Gasteiger partial charge in [-0.2, -0.15) is 0 Å². The number of hydrogen-bond acceptors (Lipinski definition) is 3. The van der Waals surface area contributed by atoms with Gasteiger partial charge in [0.25, 0.3) is 0 Å². The highest BCUT2D eigenvalue weighted by molar-refractivity contribution is 5.89. The number of methoxy groups -OCH3 is 1. The van der Waals surface area contributed by atoms with E-state index in [0.717, 1.165) is 5.56 Å². The third kappa shape index (κ3) is 2.37. The first-order valence-corrected chi connectivity index (χ1v) is 6.02. The molecule has 1 aromatic rings. The van der Waals surface area contributed by atoms with Crippen molar-refractivity contribution in [2.45, 2.75) is 18.9 Å². The van der Waals surface area contributed by atoms with Gasteiger partial charge in [0, 0.05) is 13.0 Å². The minimum absolute atomic E-state index is 0.0225. The first-order valence-electron chi connectivity index (χ1n) is 6.02. The molecule has 18 heavy (non-hydrogen) atoms. The molecule has 0 aromatic heterocycles. The summed E-state index contributed by atoms with van der Waals surface area (Å²) in [7, 11) is 3.01. The average molecular weight is 247 g/mol. The van der Waals surface area contributed by atoms with Gasteiger partial charge in [-0.3, -0.25) is 4.79 Å². The predicted octanol–water partition coefficient (Wildman–Crippen LogP) is 1.25. The van der Waals surface area contributed by atoms with E-state index in [2.05, 4.69) is 0 Å². The lowest BCUT2D eigenvalue weighted by Crippen LogP contribution is -2.36. The Morgan fingerprint density at radius 1 is 1.39 bits per heavy atom. The lowest BCUT2D eigenvalue weighted by Gasteiger charge is -2.16. The fourth-order valence-corrected chi connectivity index (χ4v) is 2.43. The summed E-state index contributed by atoms with van der Waals surface area (Å²) in [6, 6.07) is 9.42. The first-order chi connectivity index (χ1) is 8.63. The molecule has 96 valence electrons. The summed E-state index contributed by atoms with van der Waals surface area (Å²) in [5.74, 6) is -0.433. The van der Waals surface area contributed by atoms with Gasteiger partial charge in [-0.1, -0.05) is 30.3 Å². The summed E-state index contributed by atoms with van der Waals surface area (Å²) < 4.78 is 4.72. The molecule has 1 aliphatic heterocycles. The van der Waals surface area contributed by atoms with Crippen LogP contribution in [0.3, 0.4) is 0 Å².